The first-order valence-electron chi connectivity index (χ1n) is 33.1. The number of nitrogens with zero attached hydrogens (tertiary/aromatic N) is 2. The van der Waals surface area contributed by atoms with Gasteiger partial charge >= 0.3 is 17.8 Å². The number of fused-ring (bicyclic) bond motifs is 1. The maximum atomic E-state index is 15.2. The Kier molecular flexibility index (Phi) is 25.7. The summed E-state index contributed by atoms with van der Waals surface area (Å²) in [6, 6.07) is 13.8. The summed E-state index contributed by atoms with van der Waals surface area (Å²) in [5, 5.41) is 186. The van der Waals surface area contributed by atoms with Crippen molar-refractivity contribution in [3.63, 3.8) is 0 Å². The van der Waals surface area contributed by atoms with Gasteiger partial charge in [-0.05, 0) is 46.2 Å². The van der Waals surface area contributed by atoms with Gasteiger partial charge in [-0.1, -0.05) is 79.7 Å². The van der Waals surface area contributed by atoms with E-state index in [0.29, 0.717) is 11.3 Å². The number of rotatable bonds is 21. The Balaban J connectivity index is 0.910. The first kappa shape index (κ1) is 77.0. The second-order valence-corrected chi connectivity index (χ2v) is 25.6. The van der Waals surface area contributed by atoms with Crippen LogP contribution in [0, 0.1) is 0 Å². The summed E-state index contributed by atoms with van der Waals surface area (Å²) in [6.07, 6.45) is -31.0. The van der Waals surface area contributed by atoms with E-state index in [9.17, 15) is 86.2 Å². The fraction of sp³-hybridized carbons (Fsp3) is 0.538. The Morgan fingerprint density at radius 3 is 1.94 bits per heavy atom. The van der Waals surface area contributed by atoms with E-state index in [1.165, 1.54) is 24.3 Å². The molecule has 2 unspecified atom stereocenters. The number of hydrogen-bond acceptors (Lipinski definition) is 30. The molecule has 4 aromatic rings. The third kappa shape index (κ3) is 17.6. The van der Waals surface area contributed by atoms with Crippen LogP contribution in [0.4, 0.5) is 0 Å². The second-order valence-electron chi connectivity index (χ2n) is 25.6. The lowest BCUT2D eigenvalue weighted by atomic mass is 9.92. The summed E-state index contributed by atoms with van der Waals surface area (Å²) in [5.41, 5.74) is 13.0. The van der Waals surface area contributed by atoms with Crippen molar-refractivity contribution in [1.29, 1.82) is 0 Å². The Morgan fingerprint density at radius 1 is 0.631 bits per heavy atom. The highest BCUT2D eigenvalue weighted by molar-refractivity contribution is 5.97. The van der Waals surface area contributed by atoms with Gasteiger partial charge in [-0.3, -0.25) is 51.3 Å². The highest BCUT2D eigenvalue weighted by Gasteiger charge is 2.55. The first-order valence-corrected chi connectivity index (χ1v) is 33.1. The number of nitrogens with one attached hydrogen (secondary N) is 8. The van der Waals surface area contributed by atoms with E-state index < -0.39 is 241 Å². The van der Waals surface area contributed by atoms with Crippen LogP contribution in [0.1, 0.15) is 24.0 Å². The van der Waals surface area contributed by atoms with Crippen LogP contribution in [0.25, 0.3) is 10.8 Å². The van der Waals surface area contributed by atoms with Gasteiger partial charge in [-0.25, -0.2) is 9.57 Å². The average Bonchev–Trinajstić information content (AvgIpc) is 1.70. The molecule has 3 fully saturated rings. The van der Waals surface area contributed by atoms with Crippen LogP contribution < -0.4 is 67.9 Å². The van der Waals surface area contributed by atoms with E-state index in [4.69, 9.17) is 44.6 Å². The van der Waals surface area contributed by atoms with Crippen molar-refractivity contribution in [2.24, 2.45) is 16.5 Å². The maximum absolute atomic E-state index is 15.2. The van der Waals surface area contributed by atoms with E-state index in [-0.39, 0.29) is 29.8 Å². The lowest BCUT2D eigenvalue weighted by Gasteiger charge is -2.46. The van der Waals surface area contributed by atoms with E-state index in [1.807, 2.05) is 30.3 Å². The van der Waals surface area contributed by atoms with Crippen LogP contribution in [0.3, 0.4) is 0 Å². The first-order chi connectivity index (χ1) is 49.3. The summed E-state index contributed by atoms with van der Waals surface area (Å²) in [7, 11) is 0. The number of aliphatic hydroxyl groups is 14. The van der Waals surface area contributed by atoms with Crippen molar-refractivity contribution >= 4 is 58.1 Å². The molecule has 25 atom stereocenters. The molecule has 562 valence electrons. The van der Waals surface area contributed by atoms with Crippen molar-refractivity contribution in [2.45, 2.75) is 166 Å². The van der Waals surface area contributed by atoms with Gasteiger partial charge in [0.25, 0.3) is 0 Å². The molecule has 6 heterocycles. The van der Waals surface area contributed by atoms with Crippen LogP contribution >= 0.6 is 0 Å². The summed E-state index contributed by atoms with van der Waals surface area (Å²) >= 11 is 0. The number of aliphatic hydroxyl groups excluding tert-OH is 14. The van der Waals surface area contributed by atoms with Gasteiger partial charge in [-0.2, -0.15) is 0 Å². The SMILES string of the molecule is C[C@H](c1ccccc1)C1N=C([O-])C[NH+]=C(O)C(CO)NC(=O)[C@@H]([C@H](O)[C@@H]2CNC(N)=[N+]2[C@@H]2O[C@@H](CO)[C@H](O)[C@H](O)[C@@H]2O)NC(=O)[C@H]([C@H](O)[C@@H]2C[NH+]=C(N)N2)NC(=O)[C@@H](Cc2ccc(O[C@@H]3O[C@H](CO)[C@H](O[C@@H]4O[C@@H](CO)[C@H](O)[C@H](OCOc5ccc6ccccc6c5)[C@@H]4O)[C@@H](O)[C@H]3O)cc2)NC1=O. The molecular weight excluding hydrogens is 1360 g/mol. The molecule has 0 radical (unpaired) electrons. The quantitative estimate of drug-likeness (QED) is 0.0272. The monoisotopic (exact) mass is 1450 g/mol. The van der Waals surface area contributed by atoms with Crippen molar-refractivity contribution in [3.8, 4) is 11.5 Å². The van der Waals surface area contributed by atoms with Crippen LogP contribution in [0.2, 0.25) is 0 Å². The largest absolute Gasteiger partial charge is 0.858 e. The zero-order chi connectivity index (χ0) is 74.1. The zero-order valence-corrected chi connectivity index (χ0v) is 55.2. The number of hydrogen-bond donors (Lipinski definition) is 24. The molecule has 0 aliphatic carbocycles. The number of nitrogens with two attached hydrogens (primary N) is 2. The summed E-state index contributed by atoms with van der Waals surface area (Å²) < 4.78 is 41.7. The number of benzene rings is 4. The van der Waals surface area contributed by atoms with Crippen LogP contribution in [0.15, 0.2) is 102 Å². The zero-order valence-electron chi connectivity index (χ0n) is 55.2. The molecule has 10 rings (SSSR count). The minimum absolute atomic E-state index is 0.0677. The molecule has 0 saturated carbocycles. The topological polar surface area (TPSA) is 607 Å². The van der Waals surface area contributed by atoms with E-state index in [2.05, 4.69) is 46.9 Å². The van der Waals surface area contributed by atoms with Gasteiger partial charge in [0.15, 0.2) is 25.7 Å². The number of carbonyl (C=O) groups is 4. The molecule has 38 heteroatoms. The summed E-state index contributed by atoms with van der Waals surface area (Å²) in [4.78, 5) is 69.3. The van der Waals surface area contributed by atoms with Crippen molar-refractivity contribution < 1.29 is 143 Å². The third-order valence-electron chi connectivity index (χ3n) is 18.8. The van der Waals surface area contributed by atoms with Crippen LogP contribution in [-0.2, 0) is 49.3 Å². The predicted octanol–water partition coefficient (Wildman–Crippen LogP) is -14.5. The summed E-state index contributed by atoms with van der Waals surface area (Å²) in [5.74, 6) is -8.15. The van der Waals surface area contributed by atoms with Gasteiger partial charge in [0.2, 0.25) is 36.1 Å². The molecule has 6 aliphatic heterocycles. The molecule has 26 N–H and O–H groups in total. The highest BCUT2D eigenvalue weighted by Crippen LogP contribution is 2.33. The van der Waals surface area contributed by atoms with Gasteiger partial charge in [-0.15, -0.1) is 0 Å². The van der Waals surface area contributed by atoms with Crippen molar-refractivity contribution in [3.05, 3.63) is 108 Å². The summed E-state index contributed by atoms with van der Waals surface area (Å²) in [6.45, 7) is -4.11. The average molecular weight is 1450 g/mol. The third-order valence-corrected chi connectivity index (χ3v) is 18.8. The van der Waals surface area contributed by atoms with Gasteiger partial charge < -0.3 is 131 Å². The van der Waals surface area contributed by atoms with Gasteiger partial charge in [0.1, 0.15) is 140 Å². The molecule has 4 aromatic carbocycles. The molecule has 103 heavy (non-hydrogen) atoms. The van der Waals surface area contributed by atoms with Gasteiger partial charge in [0, 0.05) is 18.2 Å². The van der Waals surface area contributed by atoms with E-state index >= 15 is 9.59 Å². The molecular formula is C65H88N12O26+2. The number of aliphatic imine (C=N–C) groups is 1. The Labute approximate surface area is 586 Å². The minimum atomic E-state index is -2.30. The maximum Gasteiger partial charge on any atom is 0.358 e. The Hall–Kier alpha value is -8.62. The molecule has 38 nitrogen and oxygen atoms in total. The molecule has 0 spiro atoms. The molecule has 3 saturated heterocycles. The lowest BCUT2D eigenvalue weighted by molar-refractivity contribution is -0.663. The number of guanidine groups is 2. The van der Waals surface area contributed by atoms with Crippen molar-refractivity contribution in [1.82, 2.24) is 31.9 Å². The van der Waals surface area contributed by atoms with Crippen LogP contribution in [-0.4, -0.2) is 323 Å². The fourth-order valence-electron chi connectivity index (χ4n) is 12.9. The second kappa shape index (κ2) is 34.3. The van der Waals surface area contributed by atoms with Gasteiger partial charge in [0.05, 0.1) is 33.0 Å². The number of carbonyl (C=O) groups excluding carboxylic acids is 4. The fourth-order valence-corrected chi connectivity index (χ4v) is 12.9. The number of amides is 4. The molecule has 0 aromatic heterocycles. The lowest BCUT2D eigenvalue weighted by Crippen LogP contribution is -2.80. The van der Waals surface area contributed by atoms with Crippen molar-refractivity contribution in [2.75, 3.05) is 52.9 Å². The molecule has 4 amide bonds. The standard InChI is InChI=1S/C65H86N12O26/c1-27(29-7-3-2-4-8-29)42-58(94)71-34(17-28-11-14-32(15-12-28)99-62-52(90)50(88)54(40(25-81)102-62)103-63-53(91)55(48(86)39(24-80)101-63)98-26-97-33-16-13-30-9-5-6-10-31(30)18-33)57(93)75-43(45(83)35-19-69-64(66)73-35)60(96)76-44(59(95)72-36(22-78)56(92)68-21-41(82)74-42)46(84)37-20-70-65(67)77(37)61-51(89)49(87)47(85)38(23-79)100-61/h2-16,18,27,34-40,42-55,61-63,78-81,83-91H,17,19-26H2,1H3,(H11,66,67,68,69,70,71,72,73,74,75,76,82,92,93,94,95,96)/p+2/t27-,34-,35+,36?,37+,38+,39+,40-,42?,43+,44-,45-,46-,47+,48+,49+,50+,51+,52-,53+,54+,55+,61-,62-,63+/m1/s1. The Morgan fingerprint density at radius 2 is 1.26 bits per heavy atom. The van der Waals surface area contributed by atoms with E-state index in [0.717, 1.165) is 15.3 Å². The smallest absolute Gasteiger partial charge is 0.358 e. The van der Waals surface area contributed by atoms with E-state index in [1.54, 1.807) is 49.4 Å². The normalized spacial score (nSPS) is 34.5. The number of ether oxygens (including phenoxy) is 7. The highest BCUT2D eigenvalue weighted by atomic mass is 16.7. The minimum Gasteiger partial charge on any atom is -0.858 e. The van der Waals surface area contributed by atoms with Crippen LogP contribution in [0.5, 0.6) is 11.5 Å². The predicted molar refractivity (Wildman–Crippen MR) is 349 cm³/mol. The molecule has 0 bridgehead atoms. The Bertz CT molecular complexity index is 3700. The molecule has 6 aliphatic rings.